The van der Waals surface area contributed by atoms with Crippen LogP contribution in [0.15, 0.2) is 77.7 Å². The molecule has 0 unspecified atom stereocenters. The predicted molar refractivity (Wildman–Crippen MR) is 150 cm³/mol. The van der Waals surface area contributed by atoms with Gasteiger partial charge in [0.2, 0.25) is 0 Å². The summed E-state index contributed by atoms with van der Waals surface area (Å²) in [7, 11) is 0. The third-order valence-corrected chi connectivity index (χ3v) is 6.67. The fourth-order valence-electron chi connectivity index (χ4n) is 3.52. The first-order valence-electron chi connectivity index (χ1n) is 11.6. The molecule has 0 saturated carbocycles. The zero-order valence-electron chi connectivity index (χ0n) is 20.5. The average molecular weight is 551 g/mol. The normalized spacial score (nSPS) is 14.9. The Kier molecular flexibility index (Phi) is 8.55. The Morgan fingerprint density at radius 2 is 1.82 bits per heavy atom. The van der Waals surface area contributed by atoms with E-state index in [0.717, 1.165) is 17.3 Å². The Balaban J connectivity index is 1.46. The number of carbonyl (C=O) groups excluding carboxylic acids is 3. The molecule has 0 bridgehead atoms. The number of anilines is 2. The van der Waals surface area contributed by atoms with Crippen LogP contribution in [0.2, 0.25) is 0 Å². The van der Waals surface area contributed by atoms with Gasteiger partial charge < -0.3 is 14.8 Å². The second-order valence-corrected chi connectivity index (χ2v) is 9.79. The van der Waals surface area contributed by atoms with E-state index >= 15 is 0 Å². The Morgan fingerprint density at radius 3 is 2.50 bits per heavy atom. The van der Waals surface area contributed by atoms with E-state index in [0.29, 0.717) is 31.9 Å². The molecule has 1 atom stereocenters. The highest BCUT2D eigenvalue weighted by Gasteiger charge is 2.33. The van der Waals surface area contributed by atoms with E-state index in [-0.39, 0.29) is 12.5 Å². The van der Waals surface area contributed by atoms with Crippen LogP contribution in [0.1, 0.15) is 29.8 Å². The molecule has 38 heavy (non-hydrogen) atoms. The number of nitrogens with one attached hydrogen (secondary N) is 1. The molecule has 0 aromatic heterocycles. The van der Waals surface area contributed by atoms with Gasteiger partial charge in [0.25, 0.3) is 11.8 Å². The summed E-state index contributed by atoms with van der Waals surface area (Å²) in [5.41, 5.74) is 1.97. The maximum atomic E-state index is 13.2. The Morgan fingerprint density at radius 1 is 1.11 bits per heavy atom. The Hall–Kier alpha value is -4.02. The molecule has 1 aliphatic heterocycles. The smallest absolute Gasteiger partial charge is 0.347 e. The Bertz CT molecular complexity index is 1410. The van der Waals surface area contributed by atoms with Crippen molar-refractivity contribution in [1.29, 1.82) is 0 Å². The summed E-state index contributed by atoms with van der Waals surface area (Å²) < 4.78 is 24.0. The first-order valence-corrected chi connectivity index (χ1v) is 12.9. The molecule has 10 heteroatoms. The molecule has 3 aromatic rings. The van der Waals surface area contributed by atoms with E-state index in [1.54, 1.807) is 68.5 Å². The van der Waals surface area contributed by atoms with Gasteiger partial charge in [0, 0.05) is 11.3 Å². The minimum Gasteiger partial charge on any atom is -0.479 e. The van der Waals surface area contributed by atoms with Crippen molar-refractivity contribution < 1.29 is 28.2 Å². The second-order valence-electron chi connectivity index (χ2n) is 8.11. The van der Waals surface area contributed by atoms with Crippen molar-refractivity contribution in [3.8, 4) is 5.75 Å². The van der Waals surface area contributed by atoms with E-state index in [1.165, 1.54) is 29.2 Å². The summed E-state index contributed by atoms with van der Waals surface area (Å²) in [6.07, 6.45) is 0.966. The molecule has 1 heterocycles. The maximum absolute atomic E-state index is 13.2. The number of esters is 1. The van der Waals surface area contributed by atoms with E-state index in [2.05, 4.69) is 5.32 Å². The number of nitrogens with zero attached hydrogens (tertiary/aromatic N) is 1. The molecule has 0 aliphatic carbocycles. The number of benzene rings is 3. The number of halogens is 1. The lowest BCUT2D eigenvalue weighted by Crippen LogP contribution is -2.27. The van der Waals surface area contributed by atoms with Gasteiger partial charge in [-0.1, -0.05) is 42.2 Å². The van der Waals surface area contributed by atoms with E-state index < -0.39 is 23.8 Å². The first-order chi connectivity index (χ1) is 18.2. The Labute approximate surface area is 228 Å². The lowest BCUT2D eigenvalue weighted by atomic mass is 10.1. The van der Waals surface area contributed by atoms with Crippen LogP contribution in [0.4, 0.5) is 15.8 Å². The van der Waals surface area contributed by atoms with Gasteiger partial charge in [-0.15, -0.1) is 0 Å². The van der Waals surface area contributed by atoms with Crippen molar-refractivity contribution in [3.63, 3.8) is 0 Å². The number of ether oxygens (including phenoxy) is 2. The fraction of sp³-hybridized carbons (Fsp3) is 0.143. The standard InChI is InChI=1S/C28H23FN2O5S2/c1-3-35-27(34)17(2)36-23-13-7-18(8-14-23)15-24-26(33)31(28(37)38-24)22-6-4-5-19(16-22)25(32)30-21-11-9-20(29)10-12-21/h4-17H,3H2,1-2H3,(H,30,32)/b24-15+/t17-/m1/s1. The number of hydrogen-bond donors (Lipinski definition) is 1. The summed E-state index contributed by atoms with van der Waals surface area (Å²) in [5.74, 6) is -1.07. The third kappa shape index (κ3) is 6.45. The van der Waals surface area contributed by atoms with Crippen molar-refractivity contribution >= 4 is 63.5 Å². The summed E-state index contributed by atoms with van der Waals surface area (Å²) in [5, 5.41) is 2.70. The molecule has 4 rings (SSSR count). The summed E-state index contributed by atoms with van der Waals surface area (Å²) in [6, 6.07) is 18.9. The van der Waals surface area contributed by atoms with Crippen LogP contribution < -0.4 is 15.0 Å². The number of carbonyl (C=O) groups is 3. The fourth-order valence-corrected chi connectivity index (χ4v) is 4.82. The molecule has 1 aliphatic rings. The molecular formula is C28H23FN2O5S2. The van der Waals surface area contributed by atoms with Gasteiger partial charge in [0.15, 0.2) is 10.4 Å². The first kappa shape index (κ1) is 27.0. The third-order valence-electron chi connectivity index (χ3n) is 5.37. The second kappa shape index (κ2) is 12.0. The highest BCUT2D eigenvalue weighted by molar-refractivity contribution is 8.27. The molecule has 1 fully saturated rings. The highest BCUT2D eigenvalue weighted by Crippen LogP contribution is 2.36. The lowest BCUT2D eigenvalue weighted by molar-refractivity contribution is -0.150. The van der Waals surface area contributed by atoms with Crippen LogP contribution in [0, 0.1) is 5.82 Å². The van der Waals surface area contributed by atoms with Crippen molar-refractivity contribution in [2.75, 3.05) is 16.8 Å². The topological polar surface area (TPSA) is 84.9 Å². The van der Waals surface area contributed by atoms with Crippen LogP contribution in [0.25, 0.3) is 6.08 Å². The van der Waals surface area contributed by atoms with Crippen molar-refractivity contribution in [1.82, 2.24) is 0 Å². The van der Waals surface area contributed by atoms with Gasteiger partial charge in [-0.05, 0) is 80.1 Å². The molecule has 7 nitrogen and oxygen atoms in total. The average Bonchev–Trinajstić information content (AvgIpc) is 3.18. The summed E-state index contributed by atoms with van der Waals surface area (Å²) in [4.78, 5) is 39.5. The maximum Gasteiger partial charge on any atom is 0.347 e. The van der Waals surface area contributed by atoms with Gasteiger partial charge in [0.1, 0.15) is 11.6 Å². The molecule has 3 aromatic carbocycles. The molecule has 194 valence electrons. The van der Waals surface area contributed by atoms with Crippen LogP contribution in [0.3, 0.4) is 0 Å². The van der Waals surface area contributed by atoms with Gasteiger partial charge >= 0.3 is 5.97 Å². The lowest BCUT2D eigenvalue weighted by Gasteiger charge is -2.15. The molecule has 0 radical (unpaired) electrons. The van der Waals surface area contributed by atoms with Crippen molar-refractivity contribution in [3.05, 3.63) is 94.6 Å². The minimum atomic E-state index is -0.745. The van der Waals surface area contributed by atoms with Gasteiger partial charge in [0.05, 0.1) is 17.2 Å². The van der Waals surface area contributed by atoms with Crippen LogP contribution in [-0.2, 0) is 14.3 Å². The number of hydrogen-bond acceptors (Lipinski definition) is 7. The SMILES string of the molecule is CCOC(=O)[C@@H](C)Oc1ccc(/C=C2/SC(=S)N(c3cccc(C(=O)Nc4ccc(F)cc4)c3)C2=O)cc1. The van der Waals surface area contributed by atoms with E-state index in [9.17, 15) is 18.8 Å². The van der Waals surface area contributed by atoms with Crippen molar-refractivity contribution in [2.45, 2.75) is 20.0 Å². The van der Waals surface area contributed by atoms with Crippen LogP contribution in [0.5, 0.6) is 5.75 Å². The number of thiocarbonyl (C=S) groups is 1. The minimum absolute atomic E-state index is 0.275. The zero-order valence-corrected chi connectivity index (χ0v) is 22.1. The molecule has 2 amide bonds. The van der Waals surface area contributed by atoms with E-state index in [1.807, 2.05) is 0 Å². The number of thioether (sulfide) groups is 1. The molecule has 0 spiro atoms. The summed E-state index contributed by atoms with van der Waals surface area (Å²) in [6.45, 7) is 3.61. The number of rotatable bonds is 8. The summed E-state index contributed by atoms with van der Waals surface area (Å²) >= 11 is 6.61. The molecular weight excluding hydrogens is 527 g/mol. The van der Waals surface area contributed by atoms with Crippen LogP contribution in [-0.4, -0.2) is 34.8 Å². The monoisotopic (exact) mass is 550 g/mol. The van der Waals surface area contributed by atoms with Crippen LogP contribution >= 0.6 is 24.0 Å². The molecule has 1 saturated heterocycles. The zero-order chi connectivity index (χ0) is 27.2. The largest absolute Gasteiger partial charge is 0.479 e. The number of amides is 2. The van der Waals surface area contributed by atoms with Crippen molar-refractivity contribution in [2.24, 2.45) is 0 Å². The van der Waals surface area contributed by atoms with Gasteiger partial charge in [-0.3, -0.25) is 14.5 Å². The van der Waals surface area contributed by atoms with Gasteiger partial charge in [-0.2, -0.15) is 0 Å². The predicted octanol–water partition coefficient (Wildman–Crippen LogP) is 5.81. The quantitative estimate of drug-likeness (QED) is 0.215. The van der Waals surface area contributed by atoms with Gasteiger partial charge in [-0.25, -0.2) is 9.18 Å². The highest BCUT2D eigenvalue weighted by atomic mass is 32.2. The van der Waals surface area contributed by atoms with E-state index in [4.69, 9.17) is 21.7 Å². The molecule has 1 N–H and O–H groups in total.